The third-order valence-corrected chi connectivity index (χ3v) is 5.30. The monoisotopic (exact) mass is 400 g/mol. The van der Waals surface area contributed by atoms with E-state index < -0.39 is 0 Å². The van der Waals surface area contributed by atoms with Gasteiger partial charge < -0.3 is 14.6 Å². The lowest BCUT2D eigenvalue weighted by Crippen LogP contribution is -2.26. The van der Waals surface area contributed by atoms with Crippen molar-refractivity contribution in [2.75, 3.05) is 0 Å². The highest BCUT2D eigenvalue weighted by Gasteiger charge is 2.15. The molecule has 0 spiro atoms. The first-order chi connectivity index (χ1) is 14.5. The van der Waals surface area contributed by atoms with Gasteiger partial charge in [-0.2, -0.15) is 0 Å². The summed E-state index contributed by atoms with van der Waals surface area (Å²) in [4.78, 5) is 12.9. The number of aromatic nitrogens is 1. The van der Waals surface area contributed by atoms with Gasteiger partial charge in [-0.25, -0.2) is 0 Å². The molecule has 0 aliphatic rings. The summed E-state index contributed by atoms with van der Waals surface area (Å²) in [6.07, 6.45) is 0. The molecule has 0 fully saturated rings. The van der Waals surface area contributed by atoms with E-state index in [1.807, 2.05) is 51.1 Å². The normalized spacial score (nSPS) is 12.0. The van der Waals surface area contributed by atoms with Crippen molar-refractivity contribution in [2.45, 2.75) is 33.4 Å². The van der Waals surface area contributed by atoms with Crippen molar-refractivity contribution in [3.8, 4) is 5.75 Å². The molecule has 152 valence electrons. The summed E-state index contributed by atoms with van der Waals surface area (Å²) in [6.45, 7) is 6.08. The van der Waals surface area contributed by atoms with Gasteiger partial charge in [-0.1, -0.05) is 53.7 Å². The molecule has 0 aliphatic heterocycles. The molecule has 1 amide bonds. The largest absolute Gasteiger partial charge is 0.489 e. The molecular formula is C25H24N2O3. The van der Waals surface area contributed by atoms with E-state index >= 15 is 0 Å². The Labute approximate surface area is 175 Å². The van der Waals surface area contributed by atoms with E-state index in [1.54, 1.807) is 12.1 Å². The van der Waals surface area contributed by atoms with Gasteiger partial charge in [0.1, 0.15) is 18.1 Å². The Morgan fingerprint density at radius 3 is 2.63 bits per heavy atom. The van der Waals surface area contributed by atoms with Crippen molar-refractivity contribution >= 4 is 16.7 Å². The lowest BCUT2D eigenvalue weighted by molar-refractivity contribution is 0.0939. The molecule has 1 atom stereocenters. The fourth-order valence-electron chi connectivity index (χ4n) is 3.58. The first-order valence-corrected chi connectivity index (χ1v) is 9.96. The van der Waals surface area contributed by atoms with Gasteiger partial charge in [0.25, 0.3) is 5.91 Å². The van der Waals surface area contributed by atoms with Crippen molar-refractivity contribution < 1.29 is 14.1 Å². The molecular weight excluding hydrogens is 376 g/mol. The Kier molecular flexibility index (Phi) is 5.53. The maximum atomic E-state index is 12.9. The molecule has 0 aliphatic carbocycles. The van der Waals surface area contributed by atoms with Crippen LogP contribution in [0, 0.1) is 13.8 Å². The SMILES string of the molecule is Cc1noc(C)c1COc1cccc(C(=O)N[C@H](C)c2cccc3ccccc23)c1. The van der Waals surface area contributed by atoms with Crippen LogP contribution in [0.2, 0.25) is 0 Å². The average molecular weight is 400 g/mol. The van der Waals surface area contributed by atoms with Crippen molar-refractivity contribution in [1.82, 2.24) is 10.5 Å². The first kappa shape index (κ1) is 19.7. The van der Waals surface area contributed by atoms with Crippen LogP contribution in [0.15, 0.2) is 71.3 Å². The zero-order chi connectivity index (χ0) is 21.1. The van der Waals surface area contributed by atoms with Gasteiger partial charge in [0.15, 0.2) is 0 Å². The van der Waals surface area contributed by atoms with E-state index in [4.69, 9.17) is 9.26 Å². The van der Waals surface area contributed by atoms with E-state index in [9.17, 15) is 4.79 Å². The number of benzene rings is 3. The summed E-state index contributed by atoms with van der Waals surface area (Å²) in [5, 5.41) is 9.34. The van der Waals surface area contributed by atoms with Gasteiger partial charge >= 0.3 is 0 Å². The van der Waals surface area contributed by atoms with Crippen molar-refractivity contribution in [2.24, 2.45) is 0 Å². The number of ether oxygens (including phenoxy) is 1. The molecule has 3 aromatic carbocycles. The van der Waals surface area contributed by atoms with Crippen LogP contribution in [0.5, 0.6) is 5.75 Å². The van der Waals surface area contributed by atoms with Crippen LogP contribution < -0.4 is 10.1 Å². The van der Waals surface area contributed by atoms with Gasteiger partial charge in [-0.15, -0.1) is 0 Å². The second-order valence-corrected chi connectivity index (χ2v) is 7.38. The highest BCUT2D eigenvalue weighted by molar-refractivity contribution is 5.95. The van der Waals surface area contributed by atoms with E-state index in [-0.39, 0.29) is 11.9 Å². The zero-order valence-electron chi connectivity index (χ0n) is 17.3. The number of hydrogen-bond donors (Lipinski definition) is 1. The molecule has 1 aromatic heterocycles. The summed E-state index contributed by atoms with van der Waals surface area (Å²) in [5.74, 6) is 1.23. The predicted octanol–water partition coefficient (Wildman–Crippen LogP) is 5.51. The Morgan fingerprint density at radius 1 is 1.07 bits per heavy atom. The number of nitrogens with zero attached hydrogens (tertiary/aromatic N) is 1. The summed E-state index contributed by atoms with van der Waals surface area (Å²) >= 11 is 0. The van der Waals surface area contributed by atoms with E-state index in [0.29, 0.717) is 17.9 Å². The summed E-state index contributed by atoms with van der Waals surface area (Å²) in [7, 11) is 0. The van der Waals surface area contributed by atoms with Crippen molar-refractivity contribution in [1.29, 1.82) is 0 Å². The second kappa shape index (κ2) is 8.41. The summed E-state index contributed by atoms with van der Waals surface area (Å²) in [5.41, 5.74) is 3.38. The third-order valence-electron chi connectivity index (χ3n) is 5.30. The Morgan fingerprint density at radius 2 is 1.83 bits per heavy atom. The Hall–Kier alpha value is -3.60. The van der Waals surface area contributed by atoms with Crippen molar-refractivity contribution in [3.63, 3.8) is 0 Å². The van der Waals surface area contributed by atoms with Gasteiger partial charge in [0, 0.05) is 5.56 Å². The molecule has 5 heteroatoms. The summed E-state index contributed by atoms with van der Waals surface area (Å²) < 4.78 is 11.0. The van der Waals surface area contributed by atoms with Crippen LogP contribution in [-0.2, 0) is 6.61 Å². The number of fused-ring (bicyclic) bond motifs is 1. The second-order valence-electron chi connectivity index (χ2n) is 7.38. The van der Waals surface area contributed by atoms with Gasteiger partial charge in [0.05, 0.1) is 17.3 Å². The minimum atomic E-state index is -0.141. The average Bonchev–Trinajstić information content (AvgIpc) is 3.09. The zero-order valence-corrected chi connectivity index (χ0v) is 17.3. The van der Waals surface area contributed by atoms with Crippen molar-refractivity contribution in [3.05, 3.63) is 94.9 Å². The van der Waals surface area contributed by atoms with Crippen LogP contribution in [0.1, 0.15) is 45.9 Å². The molecule has 1 N–H and O–H groups in total. The lowest BCUT2D eigenvalue weighted by Gasteiger charge is -2.17. The van der Waals surface area contributed by atoms with E-state index in [0.717, 1.165) is 33.4 Å². The Bertz CT molecular complexity index is 1170. The smallest absolute Gasteiger partial charge is 0.251 e. The molecule has 0 radical (unpaired) electrons. The molecule has 0 bridgehead atoms. The Balaban J connectivity index is 1.47. The highest BCUT2D eigenvalue weighted by Crippen LogP contribution is 2.25. The first-order valence-electron chi connectivity index (χ1n) is 9.96. The van der Waals surface area contributed by atoms with Crippen LogP contribution in [0.4, 0.5) is 0 Å². The molecule has 4 aromatic rings. The van der Waals surface area contributed by atoms with Crippen LogP contribution >= 0.6 is 0 Å². The number of nitrogens with one attached hydrogen (secondary N) is 1. The number of carbonyl (C=O) groups is 1. The minimum absolute atomic E-state index is 0.129. The molecule has 30 heavy (non-hydrogen) atoms. The topological polar surface area (TPSA) is 64.4 Å². The molecule has 4 rings (SSSR count). The fourth-order valence-corrected chi connectivity index (χ4v) is 3.58. The number of amides is 1. The van der Waals surface area contributed by atoms with E-state index in [2.05, 4.69) is 34.7 Å². The maximum absolute atomic E-state index is 12.9. The molecule has 0 unspecified atom stereocenters. The van der Waals surface area contributed by atoms with Crippen LogP contribution in [0.3, 0.4) is 0 Å². The van der Waals surface area contributed by atoms with E-state index in [1.165, 1.54) is 0 Å². The van der Waals surface area contributed by atoms with Gasteiger partial charge in [0.2, 0.25) is 0 Å². The van der Waals surface area contributed by atoms with Gasteiger partial charge in [-0.3, -0.25) is 4.79 Å². The number of rotatable bonds is 6. The minimum Gasteiger partial charge on any atom is -0.489 e. The number of carbonyl (C=O) groups excluding carboxylic acids is 1. The summed E-state index contributed by atoms with van der Waals surface area (Å²) in [6, 6.07) is 21.4. The quantitative estimate of drug-likeness (QED) is 0.463. The molecule has 0 saturated carbocycles. The third kappa shape index (κ3) is 4.06. The lowest BCUT2D eigenvalue weighted by atomic mass is 9.99. The fraction of sp³-hybridized carbons (Fsp3) is 0.200. The molecule has 0 saturated heterocycles. The maximum Gasteiger partial charge on any atom is 0.251 e. The predicted molar refractivity (Wildman–Crippen MR) is 117 cm³/mol. The number of aryl methyl sites for hydroxylation is 2. The van der Waals surface area contributed by atoms with Gasteiger partial charge in [-0.05, 0) is 55.3 Å². The molecule has 5 nitrogen and oxygen atoms in total. The number of hydrogen-bond acceptors (Lipinski definition) is 4. The van der Waals surface area contributed by atoms with Crippen LogP contribution in [-0.4, -0.2) is 11.1 Å². The molecule has 1 heterocycles. The standard InChI is InChI=1S/C25H24N2O3/c1-16(22-13-7-9-19-8-4-5-12-23(19)22)26-25(28)20-10-6-11-21(14-20)29-15-24-17(2)27-30-18(24)3/h4-14,16H,15H2,1-3H3,(H,26,28)/t16-/m1/s1. The highest BCUT2D eigenvalue weighted by atomic mass is 16.5. The van der Waals surface area contributed by atoms with Crippen LogP contribution in [0.25, 0.3) is 10.8 Å².